The lowest BCUT2D eigenvalue weighted by Crippen LogP contribution is -2.37. The number of aromatic nitrogens is 3. The molecule has 0 unspecified atom stereocenters. The Morgan fingerprint density at radius 2 is 2.12 bits per heavy atom. The summed E-state index contributed by atoms with van der Waals surface area (Å²) in [6.07, 6.45) is 8.62. The molecule has 2 aliphatic rings. The summed E-state index contributed by atoms with van der Waals surface area (Å²) in [6, 6.07) is 4.02. The Kier molecular flexibility index (Phi) is 4.12. The first-order valence-corrected chi connectivity index (χ1v) is 8.96. The standard InChI is InChI=1S/C18H24N4O2/c1-13-6-9-17(24-13)16-5-3-2-4-10-22(16)18(23)12-21-11-15(19-20-21)14-7-8-14/h6,9,11,14,16H,2-5,7-8,10,12H2,1H3/t16-/m0/s1. The molecule has 0 N–H and O–H groups in total. The molecule has 4 rings (SSSR count). The van der Waals surface area contributed by atoms with Crippen LogP contribution in [-0.2, 0) is 11.3 Å². The molecule has 2 aromatic heterocycles. The van der Waals surface area contributed by atoms with E-state index in [0.29, 0.717) is 5.92 Å². The van der Waals surface area contributed by atoms with E-state index >= 15 is 0 Å². The number of carbonyl (C=O) groups is 1. The Balaban J connectivity index is 1.50. The van der Waals surface area contributed by atoms with Gasteiger partial charge in [0.05, 0.1) is 11.7 Å². The SMILES string of the molecule is Cc1ccc([C@@H]2CCCCCN2C(=O)Cn2cc(C3CC3)nn2)o1. The molecular formula is C18H24N4O2. The lowest BCUT2D eigenvalue weighted by atomic mass is 10.1. The zero-order valence-corrected chi connectivity index (χ0v) is 14.1. The maximum Gasteiger partial charge on any atom is 0.244 e. The largest absolute Gasteiger partial charge is 0.464 e. The Labute approximate surface area is 141 Å². The van der Waals surface area contributed by atoms with Crippen molar-refractivity contribution in [3.8, 4) is 0 Å². The van der Waals surface area contributed by atoms with Crippen molar-refractivity contribution >= 4 is 5.91 Å². The van der Waals surface area contributed by atoms with E-state index in [1.807, 2.05) is 30.2 Å². The van der Waals surface area contributed by atoms with Crippen LogP contribution in [0.1, 0.15) is 67.7 Å². The van der Waals surface area contributed by atoms with Gasteiger partial charge in [0.2, 0.25) is 5.91 Å². The molecule has 1 aliphatic heterocycles. The maximum absolute atomic E-state index is 12.9. The summed E-state index contributed by atoms with van der Waals surface area (Å²) in [5, 5.41) is 8.33. The number of likely N-dealkylation sites (tertiary alicyclic amines) is 1. The van der Waals surface area contributed by atoms with Crippen molar-refractivity contribution in [3.63, 3.8) is 0 Å². The summed E-state index contributed by atoms with van der Waals surface area (Å²) in [6.45, 7) is 2.99. The highest BCUT2D eigenvalue weighted by atomic mass is 16.3. The summed E-state index contributed by atoms with van der Waals surface area (Å²) >= 11 is 0. The van der Waals surface area contributed by atoms with E-state index in [1.54, 1.807) is 4.68 Å². The predicted octanol–water partition coefficient (Wildman–Crippen LogP) is 3.20. The average Bonchev–Trinajstić information content (AvgIpc) is 3.25. The maximum atomic E-state index is 12.9. The van der Waals surface area contributed by atoms with Gasteiger partial charge in [-0.2, -0.15) is 0 Å². The number of hydrogen-bond donors (Lipinski definition) is 0. The molecular weight excluding hydrogens is 304 g/mol. The van der Waals surface area contributed by atoms with Crippen molar-refractivity contribution in [3.05, 3.63) is 35.5 Å². The quantitative estimate of drug-likeness (QED) is 0.864. The second-order valence-corrected chi connectivity index (χ2v) is 7.02. The molecule has 0 spiro atoms. The molecule has 1 amide bonds. The highest BCUT2D eigenvalue weighted by molar-refractivity contribution is 5.76. The molecule has 0 bridgehead atoms. The first-order valence-electron chi connectivity index (χ1n) is 8.96. The zero-order chi connectivity index (χ0) is 16.5. The van der Waals surface area contributed by atoms with Crippen molar-refractivity contribution in [2.45, 2.75) is 64.0 Å². The minimum absolute atomic E-state index is 0.0418. The topological polar surface area (TPSA) is 64.2 Å². The van der Waals surface area contributed by atoms with Gasteiger partial charge in [0.15, 0.2) is 0 Å². The predicted molar refractivity (Wildman–Crippen MR) is 88.4 cm³/mol. The van der Waals surface area contributed by atoms with E-state index in [-0.39, 0.29) is 18.5 Å². The van der Waals surface area contributed by atoms with Crippen LogP contribution >= 0.6 is 0 Å². The summed E-state index contributed by atoms with van der Waals surface area (Å²) < 4.78 is 7.51. The fourth-order valence-corrected chi connectivity index (χ4v) is 3.52. The van der Waals surface area contributed by atoms with Gasteiger partial charge in [-0.05, 0) is 44.7 Å². The van der Waals surface area contributed by atoms with Crippen LogP contribution in [-0.4, -0.2) is 32.3 Å². The number of carbonyl (C=O) groups excluding carboxylic acids is 1. The molecule has 1 aliphatic carbocycles. The summed E-state index contributed by atoms with van der Waals surface area (Å²) in [5.41, 5.74) is 1.02. The Bertz CT molecular complexity index is 716. The molecule has 0 aromatic carbocycles. The van der Waals surface area contributed by atoms with E-state index in [9.17, 15) is 4.79 Å². The van der Waals surface area contributed by atoms with Gasteiger partial charge in [0.1, 0.15) is 18.1 Å². The van der Waals surface area contributed by atoms with Gasteiger partial charge < -0.3 is 9.32 Å². The van der Waals surface area contributed by atoms with Crippen LogP contribution in [0, 0.1) is 6.92 Å². The van der Waals surface area contributed by atoms with Crippen molar-refractivity contribution in [1.29, 1.82) is 0 Å². The van der Waals surface area contributed by atoms with E-state index in [2.05, 4.69) is 10.3 Å². The number of amides is 1. The molecule has 3 heterocycles. The lowest BCUT2D eigenvalue weighted by molar-refractivity contribution is -0.135. The fraction of sp³-hybridized carbons (Fsp3) is 0.611. The highest BCUT2D eigenvalue weighted by Gasteiger charge is 2.30. The second-order valence-electron chi connectivity index (χ2n) is 7.02. The average molecular weight is 328 g/mol. The van der Waals surface area contributed by atoms with Crippen molar-refractivity contribution in [1.82, 2.24) is 19.9 Å². The molecule has 1 saturated heterocycles. The third-order valence-corrected chi connectivity index (χ3v) is 5.01. The van der Waals surface area contributed by atoms with Crippen molar-refractivity contribution < 1.29 is 9.21 Å². The first kappa shape index (κ1) is 15.4. The smallest absolute Gasteiger partial charge is 0.244 e. The molecule has 2 fully saturated rings. The Morgan fingerprint density at radius 1 is 1.25 bits per heavy atom. The highest BCUT2D eigenvalue weighted by Crippen LogP contribution is 2.38. The van der Waals surface area contributed by atoms with Crippen LogP contribution in [0.3, 0.4) is 0 Å². The van der Waals surface area contributed by atoms with Gasteiger partial charge >= 0.3 is 0 Å². The van der Waals surface area contributed by atoms with E-state index in [4.69, 9.17) is 4.42 Å². The van der Waals surface area contributed by atoms with Gasteiger partial charge in [-0.3, -0.25) is 4.79 Å². The summed E-state index contributed by atoms with van der Waals surface area (Å²) in [5.74, 6) is 2.46. The molecule has 0 radical (unpaired) electrons. The van der Waals surface area contributed by atoms with Crippen LogP contribution in [0.15, 0.2) is 22.7 Å². The van der Waals surface area contributed by atoms with Crippen LogP contribution in [0.25, 0.3) is 0 Å². The molecule has 2 aromatic rings. The number of hydrogen-bond acceptors (Lipinski definition) is 4. The zero-order valence-electron chi connectivity index (χ0n) is 14.1. The summed E-state index contributed by atoms with van der Waals surface area (Å²) in [7, 11) is 0. The number of nitrogens with zero attached hydrogens (tertiary/aromatic N) is 4. The Morgan fingerprint density at radius 3 is 2.88 bits per heavy atom. The van der Waals surface area contributed by atoms with E-state index in [0.717, 1.165) is 49.4 Å². The third kappa shape index (κ3) is 3.23. The van der Waals surface area contributed by atoms with Gasteiger partial charge in [0.25, 0.3) is 0 Å². The van der Waals surface area contributed by atoms with Gasteiger partial charge in [-0.25, -0.2) is 4.68 Å². The summed E-state index contributed by atoms with van der Waals surface area (Å²) in [4.78, 5) is 14.9. The first-order chi connectivity index (χ1) is 11.7. The van der Waals surface area contributed by atoms with Gasteiger partial charge in [-0.15, -0.1) is 5.10 Å². The van der Waals surface area contributed by atoms with Gasteiger partial charge in [0, 0.05) is 18.7 Å². The number of furan rings is 1. The van der Waals surface area contributed by atoms with E-state index < -0.39 is 0 Å². The minimum atomic E-state index is 0.0418. The second kappa shape index (κ2) is 6.42. The van der Waals surface area contributed by atoms with Crippen molar-refractivity contribution in [2.24, 2.45) is 0 Å². The van der Waals surface area contributed by atoms with Gasteiger partial charge in [-0.1, -0.05) is 18.1 Å². The normalized spacial score (nSPS) is 21.7. The molecule has 1 atom stereocenters. The molecule has 128 valence electrons. The molecule has 24 heavy (non-hydrogen) atoms. The third-order valence-electron chi connectivity index (χ3n) is 5.01. The lowest BCUT2D eigenvalue weighted by Gasteiger charge is -2.28. The van der Waals surface area contributed by atoms with E-state index in [1.165, 1.54) is 12.8 Å². The Hall–Kier alpha value is -2.11. The fourth-order valence-electron chi connectivity index (χ4n) is 3.52. The molecule has 6 heteroatoms. The van der Waals surface area contributed by atoms with Crippen LogP contribution < -0.4 is 0 Å². The number of aryl methyl sites for hydroxylation is 1. The van der Waals surface area contributed by atoms with Crippen molar-refractivity contribution in [2.75, 3.05) is 6.54 Å². The van der Waals surface area contributed by atoms with Crippen LogP contribution in [0.5, 0.6) is 0 Å². The minimum Gasteiger partial charge on any atom is -0.464 e. The van der Waals surface area contributed by atoms with Crippen LogP contribution in [0.4, 0.5) is 0 Å². The molecule has 1 saturated carbocycles. The van der Waals surface area contributed by atoms with Crippen LogP contribution in [0.2, 0.25) is 0 Å². The monoisotopic (exact) mass is 328 g/mol. The molecule has 6 nitrogen and oxygen atoms in total. The number of rotatable bonds is 4.